The number of nitrogens with one attached hydrogen (secondary N) is 1. The van der Waals surface area contributed by atoms with Gasteiger partial charge in [-0.1, -0.05) is 90.6 Å². The first-order chi connectivity index (χ1) is 16.6. The standard InChI is InChI=1S/C29H31N3OS/c1-21(2)32-27(24-16-8-5-9-17-24)26(23-14-6-4-7-15-23)31-29(32)34-20-12-19-30-28(33)25-18-11-10-13-22(25)3/h4-11,13-18,21H,12,19-20H2,1-3H3,(H,30,33). The average molecular weight is 470 g/mol. The van der Waals surface area contributed by atoms with Crippen molar-refractivity contribution < 1.29 is 4.79 Å². The molecule has 1 heterocycles. The molecule has 0 unspecified atom stereocenters. The quantitative estimate of drug-likeness (QED) is 0.212. The van der Waals surface area contributed by atoms with Crippen molar-refractivity contribution in [3.63, 3.8) is 0 Å². The molecule has 1 N–H and O–H groups in total. The van der Waals surface area contributed by atoms with Crippen molar-refractivity contribution in [2.24, 2.45) is 0 Å². The zero-order valence-corrected chi connectivity index (χ0v) is 20.8. The lowest BCUT2D eigenvalue weighted by atomic mass is 10.0. The molecule has 0 saturated carbocycles. The van der Waals surface area contributed by atoms with Gasteiger partial charge in [-0.25, -0.2) is 4.98 Å². The van der Waals surface area contributed by atoms with Gasteiger partial charge in [0.05, 0.1) is 11.4 Å². The van der Waals surface area contributed by atoms with Crippen molar-refractivity contribution in [1.29, 1.82) is 0 Å². The summed E-state index contributed by atoms with van der Waals surface area (Å²) in [5, 5.41) is 4.06. The van der Waals surface area contributed by atoms with Crippen LogP contribution in [0.5, 0.6) is 0 Å². The second kappa shape index (κ2) is 11.2. The highest BCUT2D eigenvalue weighted by Crippen LogP contribution is 2.38. The molecule has 174 valence electrons. The fourth-order valence-corrected chi connectivity index (χ4v) is 5.09. The molecule has 0 bridgehead atoms. The summed E-state index contributed by atoms with van der Waals surface area (Å²) in [6.45, 7) is 7.01. The number of aromatic nitrogens is 2. The molecule has 1 aromatic heterocycles. The lowest BCUT2D eigenvalue weighted by Crippen LogP contribution is -2.25. The third-order valence-electron chi connectivity index (χ3n) is 5.72. The van der Waals surface area contributed by atoms with Crippen LogP contribution in [0, 0.1) is 6.92 Å². The Kier molecular flexibility index (Phi) is 7.86. The molecule has 34 heavy (non-hydrogen) atoms. The van der Waals surface area contributed by atoms with Gasteiger partial charge in [-0.2, -0.15) is 0 Å². The summed E-state index contributed by atoms with van der Waals surface area (Å²) < 4.78 is 2.34. The van der Waals surface area contributed by atoms with Gasteiger partial charge in [0.1, 0.15) is 0 Å². The van der Waals surface area contributed by atoms with Gasteiger partial charge in [0.2, 0.25) is 0 Å². The maximum Gasteiger partial charge on any atom is 0.251 e. The summed E-state index contributed by atoms with van der Waals surface area (Å²) in [6.07, 6.45) is 0.870. The number of nitrogens with zero attached hydrogens (tertiary/aromatic N) is 2. The molecule has 5 heteroatoms. The van der Waals surface area contributed by atoms with Crippen molar-refractivity contribution in [3.8, 4) is 22.5 Å². The molecule has 4 rings (SSSR count). The zero-order chi connectivity index (χ0) is 23.9. The van der Waals surface area contributed by atoms with Crippen LogP contribution in [0.15, 0.2) is 90.1 Å². The van der Waals surface area contributed by atoms with E-state index in [1.54, 1.807) is 11.8 Å². The van der Waals surface area contributed by atoms with Crippen LogP contribution in [0.2, 0.25) is 0 Å². The van der Waals surface area contributed by atoms with E-state index in [0.29, 0.717) is 6.54 Å². The van der Waals surface area contributed by atoms with E-state index in [0.717, 1.165) is 45.4 Å². The Bertz CT molecular complexity index is 1230. The van der Waals surface area contributed by atoms with Crippen LogP contribution in [0.4, 0.5) is 0 Å². The van der Waals surface area contributed by atoms with E-state index in [4.69, 9.17) is 4.98 Å². The van der Waals surface area contributed by atoms with Gasteiger partial charge >= 0.3 is 0 Å². The lowest BCUT2D eigenvalue weighted by molar-refractivity contribution is 0.0953. The van der Waals surface area contributed by atoms with Crippen LogP contribution in [0.3, 0.4) is 0 Å². The zero-order valence-electron chi connectivity index (χ0n) is 20.0. The van der Waals surface area contributed by atoms with Gasteiger partial charge in [0, 0.05) is 35.0 Å². The van der Waals surface area contributed by atoms with Crippen molar-refractivity contribution in [2.45, 2.75) is 38.4 Å². The number of hydrogen-bond acceptors (Lipinski definition) is 3. The fourth-order valence-electron chi connectivity index (χ4n) is 4.02. The summed E-state index contributed by atoms with van der Waals surface area (Å²) in [5.74, 6) is 0.866. The van der Waals surface area contributed by atoms with Gasteiger partial charge in [0.15, 0.2) is 5.16 Å². The molecule has 0 aliphatic rings. The number of amides is 1. The van der Waals surface area contributed by atoms with Crippen LogP contribution in [-0.4, -0.2) is 27.8 Å². The summed E-state index contributed by atoms with van der Waals surface area (Å²) in [6, 6.07) is 28.8. The highest BCUT2D eigenvalue weighted by Gasteiger charge is 2.21. The molecule has 0 aliphatic carbocycles. The summed E-state index contributed by atoms with van der Waals surface area (Å²) >= 11 is 1.75. The Morgan fingerprint density at radius 2 is 1.53 bits per heavy atom. The van der Waals surface area contributed by atoms with Crippen LogP contribution in [0.1, 0.15) is 42.2 Å². The highest BCUT2D eigenvalue weighted by atomic mass is 32.2. The molecular formula is C29H31N3OS. The molecular weight excluding hydrogens is 438 g/mol. The first-order valence-corrected chi connectivity index (χ1v) is 12.7. The molecule has 1 amide bonds. The topological polar surface area (TPSA) is 46.9 Å². The number of aryl methyl sites for hydroxylation is 1. The van der Waals surface area contributed by atoms with Crippen molar-refractivity contribution in [2.75, 3.05) is 12.3 Å². The van der Waals surface area contributed by atoms with Gasteiger partial charge in [-0.3, -0.25) is 4.79 Å². The second-order valence-corrected chi connectivity index (χ2v) is 9.62. The number of carbonyl (C=O) groups excluding carboxylic acids is 1. The fraction of sp³-hybridized carbons (Fsp3) is 0.241. The first-order valence-electron chi connectivity index (χ1n) is 11.8. The molecule has 0 radical (unpaired) electrons. The number of benzene rings is 3. The Labute approximate surface area is 206 Å². The molecule has 3 aromatic carbocycles. The maximum absolute atomic E-state index is 12.5. The predicted octanol–water partition coefficient (Wildman–Crippen LogP) is 7.02. The predicted molar refractivity (Wildman–Crippen MR) is 142 cm³/mol. The SMILES string of the molecule is Cc1ccccc1C(=O)NCCCSc1nc(-c2ccccc2)c(-c2ccccc2)n1C(C)C. The van der Waals surface area contributed by atoms with E-state index in [2.05, 4.69) is 72.3 Å². The van der Waals surface area contributed by atoms with Gasteiger partial charge in [-0.05, 0) is 38.8 Å². The van der Waals surface area contributed by atoms with Crippen molar-refractivity contribution in [1.82, 2.24) is 14.9 Å². The number of carbonyl (C=O) groups is 1. The number of hydrogen-bond donors (Lipinski definition) is 1. The van der Waals surface area contributed by atoms with E-state index in [1.807, 2.05) is 43.3 Å². The first kappa shape index (κ1) is 23.8. The van der Waals surface area contributed by atoms with E-state index >= 15 is 0 Å². The van der Waals surface area contributed by atoms with Crippen LogP contribution >= 0.6 is 11.8 Å². The van der Waals surface area contributed by atoms with Crippen LogP contribution in [0.25, 0.3) is 22.5 Å². The highest BCUT2D eigenvalue weighted by molar-refractivity contribution is 7.99. The lowest BCUT2D eigenvalue weighted by Gasteiger charge is -2.16. The van der Waals surface area contributed by atoms with Gasteiger partial charge in [0.25, 0.3) is 5.91 Å². The van der Waals surface area contributed by atoms with Crippen molar-refractivity contribution >= 4 is 17.7 Å². The minimum Gasteiger partial charge on any atom is -0.352 e. The number of imidazole rings is 1. The van der Waals surface area contributed by atoms with Gasteiger partial charge < -0.3 is 9.88 Å². The van der Waals surface area contributed by atoms with E-state index < -0.39 is 0 Å². The van der Waals surface area contributed by atoms with E-state index in [-0.39, 0.29) is 11.9 Å². The monoisotopic (exact) mass is 469 g/mol. The third kappa shape index (κ3) is 5.42. The summed E-state index contributed by atoms with van der Waals surface area (Å²) in [5.41, 5.74) is 6.18. The summed E-state index contributed by atoms with van der Waals surface area (Å²) in [7, 11) is 0. The molecule has 0 saturated heterocycles. The molecule has 4 nitrogen and oxygen atoms in total. The average Bonchev–Trinajstić information content (AvgIpc) is 3.25. The molecule has 0 spiro atoms. The smallest absolute Gasteiger partial charge is 0.251 e. The second-order valence-electron chi connectivity index (χ2n) is 8.56. The van der Waals surface area contributed by atoms with Crippen LogP contribution in [-0.2, 0) is 0 Å². The van der Waals surface area contributed by atoms with Crippen molar-refractivity contribution in [3.05, 3.63) is 96.1 Å². The van der Waals surface area contributed by atoms with Gasteiger partial charge in [-0.15, -0.1) is 0 Å². The summed E-state index contributed by atoms with van der Waals surface area (Å²) in [4.78, 5) is 17.6. The Morgan fingerprint density at radius 1 is 0.912 bits per heavy atom. The minimum absolute atomic E-state index is 0.00971. The maximum atomic E-state index is 12.5. The number of rotatable bonds is 9. The number of thioether (sulfide) groups is 1. The minimum atomic E-state index is -0.00971. The normalized spacial score (nSPS) is 11.1. The van der Waals surface area contributed by atoms with Crippen LogP contribution < -0.4 is 5.32 Å². The van der Waals surface area contributed by atoms with E-state index in [9.17, 15) is 4.79 Å². The molecule has 0 atom stereocenters. The third-order valence-corrected chi connectivity index (χ3v) is 6.76. The Morgan fingerprint density at radius 3 is 2.18 bits per heavy atom. The largest absolute Gasteiger partial charge is 0.352 e. The molecule has 0 aliphatic heterocycles. The Hall–Kier alpha value is -3.31. The molecule has 4 aromatic rings. The van der Waals surface area contributed by atoms with E-state index in [1.165, 1.54) is 5.56 Å². The molecule has 0 fully saturated rings. The Balaban J connectivity index is 1.51.